The van der Waals surface area contributed by atoms with Crippen LogP contribution in [0.15, 0.2) is 12.7 Å². The highest BCUT2D eigenvalue weighted by Gasteiger charge is 2.18. The minimum atomic E-state index is -0.0116. The average molecular weight is 112 g/mol. The van der Waals surface area contributed by atoms with Crippen LogP contribution in [-0.4, -0.2) is 18.5 Å². The van der Waals surface area contributed by atoms with Crippen molar-refractivity contribution < 1.29 is 9.53 Å². The number of carbonyl (C=O) groups excluding carboxylic acids is 1. The summed E-state index contributed by atoms with van der Waals surface area (Å²) in [6.45, 7) is 3.77. The van der Waals surface area contributed by atoms with Gasteiger partial charge in [-0.15, -0.1) is 6.58 Å². The van der Waals surface area contributed by atoms with E-state index in [0.29, 0.717) is 6.42 Å². The molecular weight excluding hydrogens is 104 g/mol. The molecule has 2 nitrogen and oxygen atoms in total. The van der Waals surface area contributed by atoms with Crippen molar-refractivity contribution in [3.63, 3.8) is 0 Å². The molecule has 1 fully saturated rings. The van der Waals surface area contributed by atoms with E-state index in [4.69, 9.17) is 4.74 Å². The molecule has 2 heteroatoms. The number of ketones is 1. The first-order chi connectivity index (χ1) is 3.83. The fourth-order valence-corrected chi connectivity index (χ4v) is 0.694. The lowest BCUT2D eigenvalue weighted by molar-refractivity contribution is -0.117. The Labute approximate surface area is 48.1 Å². The molecule has 0 amide bonds. The zero-order valence-corrected chi connectivity index (χ0v) is 4.59. The molecule has 0 N–H and O–H groups in total. The predicted octanol–water partition coefficient (Wildman–Crippen LogP) is 0.530. The van der Waals surface area contributed by atoms with Crippen LogP contribution >= 0.6 is 0 Å². The fraction of sp³-hybridized carbons (Fsp3) is 0.500. The first-order valence-corrected chi connectivity index (χ1v) is 2.59. The Morgan fingerprint density at radius 2 is 2.62 bits per heavy atom. The van der Waals surface area contributed by atoms with Crippen LogP contribution in [0.4, 0.5) is 0 Å². The molecule has 0 radical (unpaired) electrons. The molecule has 0 saturated carbocycles. The van der Waals surface area contributed by atoms with Crippen molar-refractivity contribution in [2.24, 2.45) is 0 Å². The van der Waals surface area contributed by atoms with Crippen LogP contribution < -0.4 is 0 Å². The van der Waals surface area contributed by atoms with E-state index in [1.807, 2.05) is 0 Å². The van der Waals surface area contributed by atoms with E-state index in [2.05, 4.69) is 6.58 Å². The van der Waals surface area contributed by atoms with Crippen molar-refractivity contribution in [1.29, 1.82) is 0 Å². The highest BCUT2D eigenvalue weighted by atomic mass is 16.5. The Morgan fingerprint density at radius 3 is 2.88 bits per heavy atom. The lowest BCUT2D eigenvalue weighted by Gasteiger charge is -1.95. The summed E-state index contributed by atoms with van der Waals surface area (Å²) >= 11 is 0. The van der Waals surface area contributed by atoms with Crippen LogP contribution in [0.2, 0.25) is 0 Å². The lowest BCUT2D eigenvalue weighted by atomic mass is 10.2. The van der Waals surface area contributed by atoms with Crippen LogP contribution in [0.1, 0.15) is 6.42 Å². The van der Waals surface area contributed by atoms with Crippen molar-refractivity contribution >= 4 is 5.78 Å². The molecule has 0 spiro atoms. The molecule has 0 bridgehead atoms. The summed E-state index contributed by atoms with van der Waals surface area (Å²) in [4.78, 5) is 10.4. The second-order valence-corrected chi connectivity index (χ2v) is 1.83. The van der Waals surface area contributed by atoms with E-state index in [1.165, 1.54) is 0 Å². The number of Topliss-reactive ketones (excluding diaryl/α,β-unsaturated/α-hetero) is 1. The molecule has 0 aromatic heterocycles. The summed E-state index contributed by atoms with van der Waals surface area (Å²) in [5.41, 5.74) is 0. The molecule has 1 unspecified atom stereocenters. The Hall–Kier alpha value is -0.630. The van der Waals surface area contributed by atoms with E-state index < -0.39 is 0 Å². The normalized spacial score (nSPS) is 28.5. The monoisotopic (exact) mass is 112 g/mol. The third-order valence-electron chi connectivity index (χ3n) is 1.15. The van der Waals surface area contributed by atoms with E-state index in [9.17, 15) is 4.79 Å². The number of rotatable bonds is 1. The van der Waals surface area contributed by atoms with Gasteiger partial charge in [0.05, 0.1) is 6.10 Å². The summed E-state index contributed by atoms with van der Waals surface area (Å²) in [5, 5.41) is 0. The first-order valence-electron chi connectivity index (χ1n) is 2.59. The summed E-state index contributed by atoms with van der Waals surface area (Å²) in [5.74, 6) is 0.176. The van der Waals surface area contributed by atoms with Crippen LogP contribution in [0, 0.1) is 0 Å². The molecule has 44 valence electrons. The number of carbonyl (C=O) groups is 1. The van der Waals surface area contributed by atoms with Gasteiger partial charge in [-0.3, -0.25) is 4.79 Å². The molecule has 1 atom stereocenters. The van der Waals surface area contributed by atoms with E-state index in [0.717, 1.165) is 0 Å². The molecule has 0 aliphatic carbocycles. The van der Waals surface area contributed by atoms with Crippen LogP contribution in [0.5, 0.6) is 0 Å². The Kier molecular flexibility index (Phi) is 1.44. The number of ether oxygens (including phenoxy) is 1. The highest BCUT2D eigenvalue weighted by molar-refractivity contribution is 5.82. The summed E-state index contributed by atoms with van der Waals surface area (Å²) in [6, 6.07) is 0. The highest BCUT2D eigenvalue weighted by Crippen LogP contribution is 2.08. The Morgan fingerprint density at radius 1 is 1.88 bits per heavy atom. The predicted molar refractivity (Wildman–Crippen MR) is 29.6 cm³/mol. The first kappa shape index (κ1) is 5.51. The zero-order valence-electron chi connectivity index (χ0n) is 4.59. The van der Waals surface area contributed by atoms with Gasteiger partial charge in [-0.2, -0.15) is 0 Å². The van der Waals surface area contributed by atoms with Crippen LogP contribution in [0.25, 0.3) is 0 Å². The van der Waals surface area contributed by atoms with Gasteiger partial charge in [0.25, 0.3) is 0 Å². The topological polar surface area (TPSA) is 26.3 Å². The molecule has 0 aromatic carbocycles. The fourth-order valence-electron chi connectivity index (χ4n) is 0.694. The van der Waals surface area contributed by atoms with Gasteiger partial charge in [-0.25, -0.2) is 0 Å². The molecule has 0 aromatic rings. The maximum absolute atomic E-state index is 10.4. The van der Waals surface area contributed by atoms with Gasteiger partial charge in [0.15, 0.2) is 5.78 Å². The number of hydrogen-bond donors (Lipinski definition) is 0. The molecule has 1 heterocycles. The van der Waals surface area contributed by atoms with Gasteiger partial charge >= 0.3 is 0 Å². The third-order valence-corrected chi connectivity index (χ3v) is 1.15. The van der Waals surface area contributed by atoms with Crippen LogP contribution in [0.3, 0.4) is 0 Å². The molecule has 1 aliphatic rings. The van der Waals surface area contributed by atoms with E-state index in [1.54, 1.807) is 6.08 Å². The summed E-state index contributed by atoms with van der Waals surface area (Å²) < 4.78 is 4.95. The maximum Gasteiger partial charge on any atom is 0.161 e. The van der Waals surface area contributed by atoms with Crippen molar-refractivity contribution in [2.75, 3.05) is 6.61 Å². The smallest absolute Gasteiger partial charge is 0.161 e. The van der Waals surface area contributed by atoms with Gasteiger partial charge in [-0.1, -0.05) is 6.08 Å². The second-order valence-electron chi connectivity index (χ2n) is 1.83. The largest absolute Gasteiger partial charge is 0.366 e. The minimum Gasteiger partial charge on any atom is -0.366 e. The van der Waals surface area contributed by atoms with Gasteiger partial charge < -0.3 is 4.74 Å². The van der Waals surface area contributed by atoms with Crippen LogP contribution in [-0.2, 0) is 9.53 Å². The quantitative estimate of drug-likeness (QED) is 0.462. The molecule has 1 saturated heterocycles. The maximum atomic E-state index is 10.4. The van der Waals surface area contributed by atoms with Crippen molar-refractivity contribution in [3.8, 4) is 0 Å². The SMILES string of the molecule is C=CC1CC(=O)CO1. The number of hydrogen-bond acceptors (Lipinski definition) is 2. The lowest BCUT2D eigenvalue weighted by Crippen LogP contribution is -1.97. The third kappa shape index (κ3) is 0.954. The minimum absolute atomic E-state index is 0.0116. The molecule has 1 aliphatic heterocycles. The van der Waals surface area contributed by atoms with Gasteiger partial charge in [0.1, 0.15) is 6.61 Å². The van der Waals surface area contributed by atoms with Gasteiger partial charge in [0, 0.05) is 6.42 Å². The van der Waals surface area contributed by atoms with E-state index >= 15 is 0 Å². The molecular formula is C6H8O2. The van der Waals surface area contributed by atoms with Gasteiger partial charge in [-0.05, 0) is 0 Å². The van der Waals surface area contributed by atoms with Crippen molar-refractivity contribution in [3.05, 3.63) is 12.7 Å². The Bertz CT molecular complexity index is 118. The van der Waals surface area contributed by atoms with E-state index in [-0.39, 0.29) is 18.5 Å². The Balaban J connectivity index is 2.43. The standard InChI is InChI=1S/C6H8O2/c1-2-6-3-5(7)4-8-6/h2,6H,1,3-4H2. The van der Waals surface area contributed by atoms with Crippen molar-refractivity contribution in [2.45, 2.75) is 12.5 Å². The second kappa shape index (κ2) is 2.09. The summed E-state index contributed by atoms with van der Waals surface area (Å²) in [7, 11) is 0. The summed E-state index contributed by atoms with van der Waals surface area (Å²) in [6.07, 6.45) is 2.16. The average Bonchev–Trinajstić information content (AvgIpc) is 2.14. The van der Waals surface area contributed by atoms with Crippen molar-refractivity contribution in [1.82, 2.24) is 0 Å². The zero-order chi connectivity index (χ0) is 5.98. The molecule has 8 heavy (non-hydrogen) atoms. The molecule has 1 rings (SSSR count). The van der Waals surface area contributed by atoms with Gasteiger partial charge in [0.2, 0.25) is 0 Å².